The normalized spacial score (nSPS) is 18.6. The summed E-state index contributed by atoms with van der Waals surface area (Å²) >= 11 is 0. The highest BCUT2D eigenvalue weighted by Crippen LogP contribution is 2.23. The number of hydrogen-bond donors (Lipinski definition) is 3. The van der Waals surface area contributed by atoms with Crippen molar-refractivity contribution in [2.24, 2.45) is 5.73 Å². The van der Waals surface area contributed by atoms with Crippen LogP contribution in [0, 0.1) is 6.92 Å². The average Bonchev–Trinajstić information content (AvgIpc) is 2.72. The standard InChI is InChI=1S/C10H16N4O4S/c1-6-8(10(15)16)9(13-12-6)19(17,18)14-4-2-7(11)3-5-14/h7H,2-5,11H2,1H3,(H,12,13)(H,15,16). The second kappa shape index (κ2) is 4.91. The Balaban J connectivity index is 2.38. The number of nitrogens with zero attached hydrogens (tertiary/aromatic N) is 2. The Morgan fingerprint density at radius 1 is 1.47 bits per heavy atom. The molecule has 19 heavy (non-hydrogen) atoms. The van der Waals surface area contributed by atoms with E-state index >= 15 is 0 Å². The molecule has 106 valence electrons. The smallest absolute Gasteiger partial charge is 0.340 e. The predicted octanol–water partition coefficient (Wildman–Crippen LogP) is -0.472. The number of aromatic nitrogens is 2. The van der Waals surface area contributed by atoms with Crippen molar-refractivity contribution in [3.63, 3.8) is 0 Å². The van der Waals surface area contributed by atoms with Gasteiger partial charge in [-0.25, -0.2) is 13.2 Å². The van der Waals surface area contributed by atoms with Gasteiger partial charge in [-0.3, -0.25) is 5.10 Å². The lowest BCUT2D eigenvalue weighted by molar-refractivity contribution is 0.0691. The molecular formula is C10H16N4O4S. The number of aromatic amines is 1. The second-order valence-corrected chi connectivity index (χ2v) is 6.43. The number of carboxylic acid groups (broad SMARTS) is 1. The van der Waals surface area contributed by atoms with Crippen LogP contribution in [0.25, 0.3) is 0 Å². The maximum atomic E-state index is 12.4. The van der Waals surface area contributed by atoms with E-state index in [2.05, 4.69) is 10.2 Å². The zero-order valence-electron chi connectivity index (χ0n) is 10.5. The quantitative estimate of drug-likeness (QED) is 0.689. The van der Waals surface area contributed by atoms with E-state index in [0.29, 0.717) is 12.8 Å². The molecule has 0 spiro atoms. The first kappa shape index (κ1) is 14.0. The van der Waals surface area contributed by atoms with Gasteiger partial charge in [0, 0.05) is 24.8 Å². The summed E-state index contributed by atoms with van der Waals surface area (Å²) in [7, 11) is -3.89. The molecule has 8 nitrogen and oxygen atoms in total. The van der Waals surface area contributed by atoms with E-state index < -0.39 is 21.0 Å². The van der Waals surface area contributed by atoms with Gasteiger partial charge in [-0.2, -0.15) is 9.40 Å². The van der Waals surface area contributed by atoms with Crippen LogP contribution in [0.3, 0.4) is 0 Å². The first-order valence-electron chi connectivity index (χ1n) is 5.88. The van der Waals surface area contributed by atoms with Crippen molar-refractivity contribution >= 4 is 16.0 Å². The summed E-state index contributed by atoms with van der Waals surface area (Å²) in [6.07, 6.45) is 1.12. The van der Waals surface area contributed by atoms with E-state index in [0.717, 1.165) is 0 Å². The first-order valence-corrected chi connectivity index (χ1v) is 7.32. The molecule has 2 heterocycles. The summed E-state index contributed by atoms with van der Waals surface area (Å²) in [5.74, 6) is -1.31. The van der Waals surface area contributed by atoms with E-state index in [4.69, 9.17) is 10.8 Å². The maximum absolute atomic E-state index is 12.4. The molecule has 0 unspecified atom stereocenters. The Morgan fingerprint density at radius 2 is 2.05 bits per heavy atom. The van der Waals surface area contributed by atoms with Crippen LogP contribution in [-0.4, -0.2) is 53.1 Å². The van der Waals surface area contributed by atoms with E-state index in [1.54, 1.807) is 0 Å². The van der Waals surface area contributed by atoms with Crippen molar-refractivity contribution in [3.8, 4) is 0 Å². The van der Waals surface area contributed by atoms with Crippen molar-refractivity contribution in [2.75, 3.05) is 13.1 Å². The number of hydrogen-bond acceptors (Lipinski definition) is 5. The average molecular weight is 288 g/mol. The van der Waals surface area contributed by atoms with Gasteiger partial charge in [-0.15, -0.1) is 0 Å². The fourth-order valence-electron chi connectivity index (χ4n) is 2.08. The van der Waals surface area contributed by atoms with Crippen molar-refractivity contribution < 1.29 is 18.3 Å². The van der Waals surface area contributed by atoms with Gasteiger partial charge < -0.3 is 10.8 Å². The van der Waals surface area contributed by atoms with Crippen molar-refractivity contribution in [2.45, 2.75) is 30.8 Å². The van der Waals surface area contributed by atoms with Crippen molar-refractivity contribution in [1.82, 2.24) is 14.5 Å². The maximum Gasteiger partial charge on any atom is 0.340 e. The highest BCUT2D eigenvalue weighted by atomic mass is 32.2. The SMILES string of the molecule is Cc1[nH]nc(S(=O)(=O)N2CCC(N)CC2)c1C(=O)O. The Hall–Kier alpha value is -1.45. The van der Waals surface area contributed by atoms with Gasteiger partial charge in [0.05, 0.1) is 0 Å². The van der Waals surface area contributed by atoms with Gasteiger partial charge in [0.2, 0.25) is 5.03 Å². The van der Waals surface area contributed by atoms with Crippen molar-refractivity contribution in [1.29, 1.82) is 0 Å². The molecule has 1 aromatic heterocycles. The molecule has 0 atom stereocenters. The number of nitrogens with two attached hydrogens (primary N) is 1. The fraction of sp³-hybridized carbons (Fsp3) is 0.600. The highest BCUT2D eigenvalue weighted by Gasteiger charge is 2.34. The Labute approximate surface area is 110 Å². The van der Waals surface area contributed by atoms with Gasteiger partial charge in [0.15, 0.2) is 0 Å². The lowest BCUT2D eigenvalue weighted by Crippen LogP contribution is -2.43. The Morgan fingerprint density at radius 3 is 2.58 bits per heavy atom. The number of nitrogens with one attached hydrogen (secondary N) is 1. The number of carboxylic acids is 1. The molecule has 0 saturated carbocycles. The third kappa shape index (κ3) is 2.48. The molecule has 2 rings (SSSR count). The second-order valence-electron chi connectivity index (χ2n) is 4.58. The minimum atomic E-state index is -3.89. The van der Waals surface area contributed by atoms with Gasteiger partial charge in [-0.1, -0.05) is 0 Å². The van der Waals surface area contributed by atoms with E-state index in [1.807, 2.05) is 0 Å². The zero-order chi connectivity index (χ0) is 14.2. The highest BCUT2D eigenvalue weighted by molar-refractivity contribution is 7.89. The molecule has 0 radical (unpaired) electrons. The van der Waals surface area contributed by atoms with E-state index in [-0.39, 0.29) is 30.4 Å². The Bertz CT molecular complexity index is 587. The van der Waals surface area contributed by atoms with Crippen LogP contribution in [0.5, 0.6) is 0 Å². The fourth-order valence-corrected chi connectivity index (χ4v) is 3.68. The monoisotopic (exact) mass is 288 g/mol. The van der Waals surface area contributed by atoms with E-state index in [9.17, 15) is 13.2 Å². The number of sulfonamides is 1. The third-order valence-corrected chi connectivity index (χ3v) is 5.04. The molecular weight excluding hydrogens is 272 g/mol. The number of aromatic carboxylic acids is 1. The zero-order valence-corrected chi connectivity index (χ0v) is 11.3. The molecule has 1 aromatic rings. The van der Waals surface area contributed by atoms with E-state index in [1.165, 1.54) is 11.2 Å². The number of piperidine rings is 1. The van der Waals surface area contributed by atoms with Gasteiger partial charge in [-0.05, 0) is 19.8 Å². The van der Waals surface area contributed by atoms with Crippen LogP contribution in [0.2, 0.25) is 0 Å². The first-order chi connectivity index (χ1) is 8.84. The minimum Gasteiger partial charge on any atom is -0.478 e. The summed E-state index contributed by atoms with van der Waals surface area (Å²) in [5.41, 5.74) is 5.65. The van der Waals surface area contributed by atoms with Crippen LogP contribution in [0.15, 0.2) is 5.03 Å². The molecule has 4 N–H and O–H groups in total. The number of aryl methyl sites for hydroxylation is 1. The summed E-state index contributed by atoms with van der Waals surface area (Å²) < 4.78 is 26.0. The van der Waals surface area contributed by atoms with Crippen LogP contribution in [0.1, 0.15) is 28.9 Å². The Kier molecular flexibility index (Phi) is 3.61. The summed E-state index contributed by atoms with van der Waals surface area (Å²) in [6.45, 7) is 2.05. The molecule has 1 fully saturated rings. The van der Waals surface area contributed by atoms with Crippen molar-refractivity contribution in [3.05, 3.63) is 11.3 Å². The van der Waals surface area contributed by atoms with Crippen LogP contribution < -0.4 is 5.73 Å². The minimum absolute atomic E-state index is 0.00804. The number of carbonyl (C=O) groups is 1. The van der Waals surface area contributed by atoms with Crippen LogP contribution in [0.4, 0.5) is 0 Å². The lowest BCUT2D eigenvalue weighted by atomic mass is 10.1. The largest absolute Gasteiger partial charge is 0.478 e. The molecule has 1 aliphatic rings. The molecule has 9 heteroatoms. The van der Waals surface area contributed by atoms with Crippen LogP contribution in [-0.2, 0) is 10.0 Å². The van der Waals surface area contributed by atoms with Gasteiger partial charge in [0.25, 0.3) is 10.0 Å². The lowest BCUT2D eigenvalue weighted by Gasteiger charge is -2.28. The summed E-state index contributed by atoms with van der Waals surface area (Å²) in [6, 6.07) is -0.00804. The predicted molar refractivity (Wildman–Crippen MR) is 66.3 cm³/mol. The molecule has 0 aromatic carbocycles. The topological polar surface area (TPSA) is 129 Å². The molecule has 0 amide bonds. The van der Waals surface area contributed by atoms with Gasteiger partial charge in [0.1, 0.15) is 5.56 Å². The molecule has 1 saturated heterocycles. The van der Waals surface area contributed by atoms with Crippen LogP contribution >= 0.6 is 0 Å². The molecule has 0 bridgehead atoms. The number of rotatable bonds is 3. The summed E-state index contributed by atoms with van der Waals surface area (Å²) in [4.78, 5) is 11.1. The summed E-state index contributed by atoms with van der Waals surface area (Å²) in [5, 5.41) is 14.7. The number of H-pyrrole nitrogens is 1. The van der Waals surface area contributed by atoms with Gasteiger partial charge >= 0.3 is 5.97 Å². The third-order valence-electron chi connectivity index (χ3n) is 3.21. The molecule has 1 aliphatic heterocycles. The molecule has 0 aliphatic carbocycles.